The molecule has 0 saturated carbocycles. The molecule has 0 aliphatic heterocycles. The van der Waals surface area contributed by atoms with Crippen molar-refractivity contribution in [3.05, 3.63) is 29.8 Å². The van der Waals surface area contributed by atoms with Crippen LogP contribution in [0.2, 0.25) is 0 Å². The van der Waals surface area contributed by atoms with Gasteiger partial charge in [-0.05, 0) is 19.1 Å². The Morgan fingerprint density at radius 2 is 2.18 bits per heavy atom. The van der Waals surface area contributed by atoms with E-state index < -0.39 is 5.97 Å². The summed E-state index contributed by atoms with van der Waals surface area (Å²) in [6, 6.07) is 2.93. The largest absolute Gasteiger partial charge is 0.506 e. The molecule has 2 N–H and O–H groups in total. The van der Waals surface area contributed by atoms with Gasteiger partial charge in [0.25, 0.3) is 0 Å². The van der Waals surface area contributed by atoms with Gasteiger partial charge in [-0.1, -0.05) is 0 Å². The molecule has 2 aromatic heterocycles. The number of carboxylic acids is 1. The highest BCUT2D eigenvalue weighted by Gasteiger charge is 2.19. The minimum absolute atomic E-state index is 0.0257. The maximum absolute atomic E-state index is 11.1. The normalized spacial score (nSPS) is 10.6. The van der Waals surface area contributed by atoms with Crippen molar-refractivity contribution in [2.75, 3.05) is 0 Å². The Balaban J connectivity index is 2.75. The van der Waals surface area contributed by atoms with E-state index in [1.165, 1.54) is 17.4 Å². The van der Waals surface area contributed by atoms with Crippen LogP contribution in [-0.2, 0) is 11.2 Å². The Labute approximate surface area is 96.1 Å². The third-order valence-corrected chi connectivity index (χ3v) is 2.33. The number of carbonyl (C=O) groups is 2. The Morgan fingerprint density at radius 1 is 1.47 bits per heavy atom. The number of fused-ring (bicyclic) bond motifs is 1. The summed E-state index contributed by atoms with van der Waals surface area (Å²) in [4.78, 5) is 25.9. The summed E-state index contributed by atoms with van der Waals surface area (Å²) in [5, 5.41) is 18.6. The Kier molecular flexibility index (Phi) is 2.55. The predicted octanol–water partition coefficient (Wildman–Crippen LogP) is 0.870. The van der Waals surface area contributed by atoms with Gasteiger partial charge in [0.1, 0.15) is 22.9 Å². The lowest BCUT2D eigenvalue weighted by Gasteiger charge is -1.99. The number of aromatic hydroxyl groups is 1. The molecule has 2 heterocycles. The second-order valence-electron chi connectivity index (χ2n) is 3.67. The SMILES string of the molecule is CC(=O)Cc1nc(C(=O)O)c2c(O)cccn12. The van der Waals surface area contributed by atoms with Crippen LogP contribution in [0.15, 0.2) is 18.3 Å². The standard InChI is InChI=1S/C11H10N2O4/c1-6(14)5-8-12-9(11(16)17)10-7(15)3-2-4-13(8)10/h2-4,15H,5H2,1H3,(H,16,17). The number of hydrogen-bond donors (Lipinski definition) is 2. The van der Waals surface area contributed by atoms with Gasteiger partial charge in [0.15, 0.2) is 5.69 Å². The summed E-state index contributed by atoms with van der Waals surface area (Å²) in [7, 11) is 0. The number of ketones is 1. The lowest BCUT2D eigenvalue weighted by molar-refractivity contribution is -0.116. The summed E-state index contributed by atoms with van der Waals surface area (Å²) in [6.07, 6.45) is 1.59. The lowest BCUT2D eigenvalue weighted by Crippen LogP contribution is -2.02. The molecule has 0 aliphatic rings. The first-order valence-corrected chi connectivity index (χ1v) is 4.92. The van der Waals surface area contributed by atoms with Crippen molar-refractivity contribution in [3.63, 3.8) is 0 Å². The average molecular weight is 234 g/mol. The zero-order valence-corrected chi connectivity index (χ0v) is 9.04. The molecule has 0 saturated heterocycles. The minimum atomic E-state index is -1.24. The number of carbonyl (C=O) groups excluding carboxylic acids is 1. The minimum Gasteiger partial charge on any atom is -0.506 e. The van der Waals surface area contributed by atoms with E-state index in [-0.39, 0.29) is 29.2 Å². The van der Waals surface area contributed by atoms with E-state index in [0.29, 0.717) is 5.82 Å². The van der Waals surface area contributed by atoms with Crippen LogP contribution in [0.4, 0.5) is 0 Å². The summed E-state index contributed by atoms with van der Waals surface area (Å²) < 4.78 is 1.42. The molecule has 0 bridgehead atoms. The molecule has 0 radical (unpaired) electrons. The molecule has 0 atom stereocenters. The van der Waals surface area contributed by atoms with Gasteiger partial charge in [-0.15, -0.1) is 0 Å². The number of aromatic carboxylic acids is 1. The molecule has 17 heavy (non-hydrogen) atoms. The summed E-state index contributed by atoms with van der Waals surface area (Å²) in [5.41, 5.74) is -0.143. The van der Waals surface area contributed by atoms with Gasteiger partial charge in [0.2, 0.25) is 0 Å². The summed E-state index contributed by atoms with van der Waals surface area (Å²) in [6.45, 7) is 1.39. The highest BCUT2D eigenvalue weighted by Crippen LogP contribution is 2.23. The van der Waals surface area contributed by atoms with Gasteiger partial charge < -0.3 is 10.2 Å². The molecule has 0 fully saturated rings. The molecule has 0 amide bonds. The molecule has 6 nitrogen and oxygen atoms in total. The fraction of sp³-hybridized carbons (Fsp3) is 0.182. The van der Waals surface area contributed by atoms with Gasteiger partial charge in [0, 0.05) is 6.20 Å². The summed E-state index contributed by atoms with van der Waals surface area (Å²) in [5.74, 6) is -1.23. The van der Waals surface area contributed by atoms with Crippen LogP contribution in [0.25, 0.3) is 5.52 Å². The van der Waals surface area contributed by atoms with Gasteiger partial charge in [0.05, 0.1) is 6.42 Å². The van der Waals surface area contributed by atoms with Crippen LogP contribution in [0.1, 0.15) is 23.2 Å². The number of hydrogen-bond acceptors (Lipinski definition) is 4. The van der Waals surface area contributed by atoms with Crippen LogP contribution < -0.4 is 0 Å². The molecule has 2 aromatic rings. The number of imidazole rings is 1. The lowest BCUT2D eigenvalue weighted by atomic mass is 10.3. The van der Waals surface area contributed by atoms with Crippen LogP contribution in [0.5, 0.6) is 5.75 Å². The molecule has 6 heteroatoms. The molecule has 88 valence electrons. The van der Waals surface area contributed by atoms with Gasteiger partial charge in [-0.25, -0.2) is 9.78 Å². The monoisotopic (exact) mass is 234 g/mol. The first-order chi connectivity index (χ1) is 8.00. The van der Waals surface area contributed by atoms with Crippen molar-refractivity contribution in [3.8, 4) is 5.75 Å². The van der Waals surface area contributed by atoms with Crippen LogP contribution in [-0.4, -0.2) is 31.4 Å². The van der Waals surface area contributed by atoms with Crippen LogP contribution >= 0.6 is 0 Å². The van der Waals surface area contributed by atoms with Crippen molar-refractivity contribution in [1.82, 2.24) is 9.38 Å². The van der Waals surface area contributed by atoms with Crippen molar-refractivity contribution in [2.24, 2.45) is 0 Å². The number of carboxylic acid groups (broad SMARTS) is 1. The van der Waals surface area contributed by atoms with Gasteiger partial charge >= 0.3 is 5.97 Å². The first kappa shape index (κ1) is 11.1. The van der Waals surface area contributed by atoms with Crippen molar-refractivity contribution in [1.29, 1.82) is 0 Å². The number of nitrogens with zero attached hydrogens (tertiary/aromatic N) is 2. The van der Waals surface area contributed by atoms with Crippen LogP contribution in [0, 0.1) is 0 Å². The Bertz CT molecular complexity index is 615. The molecule has 2 rings (SSSR count). The zero-order chi connectivity index (χ0) is 12.6. The zero-order valence-electron chi connectivity index (χ0n) is 9.04. The molecule has 0 spiro atoms. The van der Waals surface area contributed by atoms with E-state index in [1.54, 1.807) is 12.3 Å². The number of Topliss-reactive ketones (excluding diaryl/α,β-unsaturated/α-hetero) is 1. The predicted molar refractivity (Wildman–Crippen MR) is 58.2 cm³/mol. The highest BCUT2D eigenvalue weighted by atomic mass is 16.4. The second kappa shape index (κ2) is 3.89. The van der Waals surface area contributed by atoms with E-state index in [1.807, 2.05) is 0 Å². The maximum Gasteiger partial charge on any atom is 0.356 e. The van der Waals surface area contributed by atoms with Gasteiger partial charge in [-0.2, -0.15) is 0 Å². The fourth-order valence-electron chi connectivity index (χ4n) is 1.68. The Morgan fingerprint density at radius 3 is 2.76 bits per heavy atom. The maximum atomic E-state index is 11.1. The van der Waals surface area contributed by atoms with Crippen molar-refractivity contribution < 1.29 is 19.8 Å². The van der Waals surface area contributed by atoms with Crippen LogP contribution in [0.3, 0.4) is 0 Å². The fourth-order valence-corrected chi connectivity index (χ4v) is 1.68. The smallest absolute Gasteiger partial charge is 0.356 e. The molecular weight excluding hydrogens is 224 g/mol. The van der Waals surface area contributed by atoms with E-state index in [9.17, 15) is 14.7 Å². The van der Waals surface area contributed by atoms with E-state index in [4.69, 9.17) is 5.11 Å². The Hall–Kier alpha value is -2.37. The molecular formula is C11H10N2O4. The van der Waals surface area contributed by atoms with E-state index in [0.717, 1.165) is 0 Å². The quantitative estimate of drug-likeness (QED) is 0.822. The molecule has 0 aliphatic carbocycles. The van der Waals surface area contributed by atoms with E-state index in [2.05, 4.69) is 4.98 Å². The first-order valence-electron chi connectivity index (χ1n) is 4.92. The summed E-state index contributed by atoms with van der Waals surface area (Å²) >= 11 is 0. The highest BCUT2D eigenvalue weighted by molar-refractivity contribution is 5.96. The molecule has 0 unspecified atom stereocenters. The molecule has 0 aromatic carbocycles. The van der Waals surface area contributed by atoms with Crippen molar-refractivity contribution in [2.45, 2.75) is 13.3 Å². The number of rotatable bonds is 3. The van der Waals surface area contributed by atoms with Crippen molar-refractivity contribution >= 4 is 17.3 Å². The van der Waals surface area contributed by atoms with E-state index >= 15 is 0 Å². The second-order valence-corrected chi connectivity index (χ2v) is 3.67. The number of pyridine rings is 1. The van der Waals surface area contributed by atoms with Gasteiger partial charge in [-0.3, -0.25) is 9.20 Å². The third kappa shape index (κ3) is 1.84. The average Bonchev–Trinajstić information content (AvgIpc) is 2.58. The topological polar surface area (TPSA) is 91.9 Å². The third-order valence-electron chi connectivity index (χ3n) is 2.33. The number of aromatic nitrogens is 2.